The van der Waals surface area contributed by atoms with E-state index in [0.717, 1.165) is 65.8 Å². The molecule has 31 heavy (non-hydrogen) atoms. The van der Waals surface area contributed by atoms with E-state index in [4.69, 9.17) is 9.40 Å². The van der Waals surface area contributed by atoms with Gasteiger partial charge in [-0.3, -0.25) is 4.98 Å². The highest BCUT2D eigenvalue weighted by atomic mass is 16.3. The van der Waals surface area contributed by atoms with Gasteiger partial charge in [0.15, 0.2) is 0 Å². The number of aromatic nitrogens is 2. The molecule has 3 nitrogen and oxygen atoms in total. The Bertz CT molecular complexity index is 1800. The molecule has 0 bridgehead atoms. The van der Waals surface area contributed by atoms with Crippen molar-refractivity contribution in [2.45, 2.75) is 0 Å². The minimum Gasteiger partial charge on any atom is -0.456 e. The quantitative estimate of drug-likeness (QED) is 0.213. The molecule has 0 unspecified atom stereocenters. The van der Waals surface area contributed by atoms with E-state index in [0.29, 0.717) is 0 Å². The van der Waals surface area contributed by atoms with E-state index in [2.05, 4.69) is 65.6 Å². The van der Waals surface area contributed by atoms with E-state index in [1.807, 2.05) is 36.5 Å². The van der Waals surface area contributed by atoms with Crippen LogP contribution in [0.25, 0.3) is 65.8 Å². The van der Waals surface area contributed by atoms with Crippen LogP contribution < -0.4 is 0 Å². The molecule has 0 aliphatic heterocycles. The van der Waals surface area contributed by atoms with Gasteiger partial charge in [-0.25, -0.2) is 4.98 Å². The van der Waals surface area contributed by atoms with Gasteiger partial charge in [-0.2, -0.15) is 0 Å². The highest BCUT2D eigenvalue weighted by Crippen LogP contribution is 2.39. The van der Waals surface area contributed by atoms with Crippen LogP contribution in [0.2, 0.25) is 0 Å². The number of fused-ring (bicyclic) bond motifs is 7. The van der Waals surface area contributed by atoms with Crippen molar-refractivity contribution < 1.29 is 4.42 Å². The van der Waals surface area contributed by atoms with Crippen molar-refractivity contribution in [3.63, 3.8) is 0 Å². The number of hydrogen-bond donors (Lipinski definition) is 0. The van der Waals surface area contributed by atoms with Crippen LogP contribution in [0.15, 0.2) is 102 Å². The van der Waals surface area contributed by atoms with Gasteiger partial charge in [-0.1, -0.05) is 60.7 Å². The zero-order chi connectivity index (χ0) is 20.4. The molecule has 0 amide bonds. The van der Waals surface area contributed by atoms with Gasteiger partial charge in [0.25, 0.3) is 0 Å². The second kappa shape index (κ2) is 6.13. The number of nitrogens with zero attached hydrogens (tertiary/aromatic N) is 2. The van der Waals surface area contributed by atoms with E-state index < -0.39 is 0 Å². The first-order chi connectivity index (χ1) is 15.4. The third kappa shape index (κ3) is 2.34. The summed E-state index contributed by atoms with van der Waals surface area (Å²) in [5.41, 5.74) is 6.91. The van der Waals surface area contributed by atoms with Gasteiger partial charge in [-0.05, 0) is 35.9 Å². The van der Waals surface area contributed by atoms with Crippen molar-refractivity contribution in [2.24, 2.45) is 0 Å². The molecule has 144 valence electrons. The lowest BCUT2D eigenvalue weighted by molar-refractivity contribution is 0.669. The summed E-state index contributed by atoms with van der Waals surface area (Å²) in [6, 6.07) is 31.3. The SMILES string of the molecule is c1cnc2c(c1)ccc1c(-c3ccc4c(c3)oc3ccccc34)c3ccccc3nc12. The summed E-state index contributed by atoms with van der Waals surface area (Å²) in [5.74, 6) is 0. The summed E-state index contributed by atoms with van der Waals surface area (Å²) in [4.78, 5) is 9.65. The Kier molecular flexibility index (Phi) is 3.27. The molecule has 7 rings (SSSR count). The van der Waals surface area contributed by atoms with Crippen molar-refractivity contribution in [2.75, 3.05) is 0 Å². The Balaban J connectivity index is 1.63. The maximum absolute atomic E-state index is 6.18. The fourth-order valence-corrected chi connectivity index (χ4v) is 4.69. The first-order valence-corrected chi connectivity index (χ1v) is 10.3. The minimum absolute atomic E-state index is 0.895. The third-order valence-electron chi connectivity index (χ3n) is 6.09. The summed E-state index contributed by atoms with van der Waals surface area (Å²) in [6.45, 7) is 0. The summed E-state index contributed by atoms with van der Waals surface area (Å²) < 4.78 is 6.18. The normalized spacial score (nSPS) is 11.9. The second-order valence-corrected chi connectivity index (χ2v) is 7.85. The molecule has 0 saturated carbocycles. The van der Waals surface area contributed by atoms with Crippen LogP contribution in [0.5, 0.6) is 0 Å². The van der Waals surface area contributed by atoms with Crippen LogP contribution in [0.4, 0.5) is 0 Å². The van der Waals surface area contributed by atoms with E-state index in [1.165, 1.54) is 0 Å². The molecule has 0 fully saturated rings. The first-order valence-electron chi connectivity index (χ1n) is 10.3. The highest BCUT2D eigenvalue weighted by Gasteiger charge is 2.15. The molecule has 3 heteroatoms. The number of pyridine rings is 2. The van der Waals surface area contributed by atoms with Crippen LogP contribution in [-0.4, -0.2) is 9.97 Å². The maximum atomic E-state index is 6.18. The fourth-order valence-electron chi connectivity index (χ4n) is 4.69. The van der Waals surface area contributed by atoms with Crippen molar-refractivity contribution >= 4 is 54.6 Å². The molecular formula is C28H16N2O. The van der Waals surface area contributed by atoms with Crippen LogP contribution >= 0.6 is 0 Å². The predicted molar refractivity (Wildman–Crippen MR) is 127 cm³/mol. The lowest BCUT2D eigenvalue weighted by Crippen LogP contribution is -1.91. The zero-order valence-corrected chi connectivity index (χ0v) is 16.5. The van der Waals surface area contributed by atoms with Crippen LogP contribution in [0.1, 0.15) is 0 Å². The molecular weight excluding hydrogens is 380 g/mol. The molecule has 0 aliphatic carbocycles. The first kappa shape index (κ1) is 16.5. The van der Waals surface area contributed by atoms with Gasteiger partial charge < -0.3 is 4.42 Å². The summed E-state index contributed by atoms with van der Waals surface area (Å²) in [6.07, 6.45) is 1.83. The average molecular weight is 396 g/mol. The summed E-state index contributed by atoms with van der Waals surface area (Å²) in [7, 11) is 0. The molecule has 0 aliphatic rings. The number of hydrogen-bond acceptors (Lipinski definition) is 3. The zero-order valence-electron chi connectivity index (χ0n) is 16.5. The van der Waals surface area contributed by atoms with E-state index in [-0.39, 0.29) is 0 Å². The molecule has 0 spiro atoms. The fraction of sp³-hybridized carbons (Fsp3) is 0. The number of para-hydroxylation sites is 2. The van der Waals surface area contributed by atoms with Gasteiger partial charge in [0.1, 0.15) is 11.2 Å². The minimum atomic E-state index is 0.895. The molecule has 4 aromatic carbocycles. The Morgan fingerprint density at radius 1 is 0.581 bits per heavy atom. The average Bonchev–Trinajstić information content (AvgIpc) is 3.20. The monoisotopic (exact) mass is 396 g/mol. The number of benzene rings is 4. The Morgan fingerprint density at radius 2 is 1.39 bits per heavy atom. The number of rotatable bonds is 1. The van der Waals surface area contributed by atoms with Crippen LogP contribution in [-0.2, 0) is 0 Å². The topological polar surface area (TPSA) is 38.9 Å². The van der Waals surface area contributed by atoms with Gasteiger partial charge in [-0.15, -0.1) is 0 Å². The Hall–Kier alpha value is -4.24. The van der Waals surface area contributed by atoms with Crippen LogP contribution in [0.3, 0.4) is 0 Å². The molecule has 3 heterocycles. The predicted octanol–water partition coefficient (Wildman–Crippen LogP) is 7.50. The lowest BCUT2D eigenvalue weighted by atomic mass is 9.94. The molecule has 0 atom stereocenters. The summed E-state index contributed by atoms with van der Waals surface area (Å²) in [5, 5.41) is 5.59. The van der Waals surface area contributed by atoms with Gasteiger partial charge >= 0.3 is 0 Å². The Labute approximate surface area is 177 Å². The van der Waals surface area contributed by atoms with E-state index >= 15 is 0 Å². The highest BCUT2D eigenvalue weighted by molar-refractivity contribution is 6.17. The van der Waals surface area contributed by atoms with Crippen molar-refractivity contribution in [1.29, 1.82) is 0 Å². The van der Waals surface area contributed by atoms with E-state index in [1.54, 1.807) is 0 Å². The number of furan rings is 1. The largest absolute Gasteiger partial charge is 0.456 e. The molecule has 0 N–H and O–H groups in total. The van der Waals surface area contributed by atoms with Crippen LogP contribution in [0, 0.1) is 0 Å². The maximum Gasteiger partial charge on any atom is 0.136 e. The second-order valence-electron chi connectivity index (χ2n) is 7.85. The van der Waals surface area contributed by atoms with Gasteiger partial charge in [0, 0.05) is 38.7 Å². The standard InChI is InChI=1S/C28H16N2O/c1-3-9-23-21(8-1)26(22-14-11-17-6-5-15-29-27(17)28(22)30-23)18-12-13-20-19-7-2-4-10-24(19)31-25(20)16-18/h1-16H. The van der Waals surface area contributed by atoms with Crippen molar-refractivity contribution in [1.82, 2.24) is 9.97 Å². The third-order valence-corrected chi connectivity index (χ3v) is 6.09. The van der Waals surface area contributed by atoms with Gasteiger partial charge in [0.2, 0.25) is 0 Å². The molecule has 7 aromatic rings. The summed E-state index contributed by atoms with van der Waals surface area (Å²) >= 11 is 0. The van der Waals surface area contributed by atoms with Crippen molar-refractivity contribution in [3.05, 3.63) is 97.2 Å². The smallest absolute Gasteiger partial charge is 0.136 e. The van der Waals surface area contributed by atoms with E-state index in [9.17, 15) is 0 Å². The van der Waals surface area contributed by atoms with Gasteiger partial charge in [0.05, 0.1) is 16.6 Å². The molecule has 0 saturated heterocycles. The lowest BCUT2D eigenvalue weighted by Gasteiger charge is -2.12. The molecule has 3 aromatic heterocycles. The van der Waals surface area contributed by atoms with Crippen molar-refractivity contribution in [3.8, 4) is 11.1 Å². The Morgan fingerprint density at radius 3 is 2.35 bits per heavy atom. The molecule has 0 radical (unpaired) electrons.